The van der Waals surface area contributed by atoms with Gasteiger partial charge in [0.05, 0.1) is 0 Å². The van der Waals surface area contributed by atoms with Gasteiger partial charge in [0.15, 0.2) is 5.78 Å². The maximum Gasteiger partial charge on any atom is 0.186 e. The van der Waals surface area contributed by atoms with Crippen LogP contribution in [0.4, 0.5) is 0 Å². The first-order chi connectivity index (χ1) is 16.8. The van der Waals surface area contributed by atoms with E-state index >= 15 is 0 Å². The molecule has 0 spiro atoms. The first-order valence-corrected chi connectivity index (χ1v) is 11.5. The number of benzene rings is 5. The molecule has 160 valence electrons. The summed E-state index contributed by atoms with van der Waals surface area (Å²) in [5.74, 6) is 0.0321. The van der Waals surface area contributed by atoms with E-state index in [-0.39, 0.29) is 5.78 Å². The van der Waals surface area contributed by atoms with Crippen molar-refractivity contribution >= 4 is 44.6 Å². The van der Waals surface area contributed by atoms with E-state index in [0.29, 0.717) is 0 Å². The molecule has 0 atom stereocenters. The molecule has 5 aromatic carbocycles. The molecule has 34 heavy (non-hydrogen) atoms. The molecule has 0 aromatic heterocycles. The van der Waals surface area contributed by atoms with Crippen molar-refractivity contribution in [2.75, 3.05) is 0 Å². The summed E-state index contributed by atoms with van der Waals surface area (Å²) in [6.07, 6.45) is 7.71. The van der Waals surface area contributed by atoms with E-state index in [9.17, 15) is 4.79 Å². The average molecular weight is 435 g/mol. The molecule has 0 saturated heterocycles. The molecule has 0 heterocycles. The highest BCUT2D eigenvalue weighted by Gasteiger charge is 2.21. The Morgan fingerprint density at radius 3 is 1.94 bits per heavy atom. The number of allylic oxidation sites excluding steroid dienone is 4. The summed E-state index contributed by atoms with van der Waals surface area (Å²) >= 11 is 0. The Morgan fingerprint density at radius 2 is 1.21 bits per heavy atom. The van der Waals surface area contributed by atoms with Gasteiger partial charge in [-0.1, -0.05) is 121 Å². The van der Waals surface area contributed by atoms with Gasteiger partial charge in [-0.2, -0.15) is 0 Å². The van der Waals surface area contributed by atoms with Gasteiger partial charge in [-0.3, -0.25) is 4.79 Å². The fourth-order valence-electron chi connectivity index (χ4n) is 4.85. The molecule has 0 radical (unpaired) electrons. The molecule has 0 bridgehead atoms. The van der Waals surface area contributed by atoms with Gasteiger partial charge in [0.2, 0.25) is 0 Å². The lowest BCUT2D eigenvalue weighted by Gasteiger charge is -2.18. The van der Waals surface area contributed by atoms with E-state index in [1.54, 1.807) is 6.08 Å². The van der Waals surface area contributed by atoms with Crippen LogP contribution >= 0.6 is 0 Å². The summed E-state index contributed by atoms with van der Waals surface area (Å²) in [7, 11) is 0. The minimum Gasteiger partial charge on any atom is -0.289 e. The smallest absolute Gasteiger partial charge is 0.186 e. The molecule has 0 unspecified atom stereocenters. The average Bonchev–Trinajstić information content (AvgIpc) is 2.90. The van der Waals surface area contributed by atoms with Gasteiger partial charge in [0.1, 0.15) is 0 Å². The highest BCUT2D eigenvalue weighted by Crippen LogP contribution is 2.38. The number of rotatable bonds is 3. The third-order valence-corrected chi connectivity index (χ3v) is 6.48. The first-order valence-electron chi connectivity index (χ1n) is 11.5. The molecule has 1 aliphatic carbocycles. The van der Waals surface area contributed by atoms with E-state index in [0.717, 1.165) is 44.2 Å². The van der Waals surface area contributed by atoms with Crippen molar-refractivity contribution in [1.29, 1.82) is 0 Å². The lowest BCUT2D eigenvalue weighted by molar-refractivity contribution is -0.109. The van der Waals surface area contributed by atoms with Crippen LogP contribution in [0.25, 0.3) is 38.8 Å². The topological polar surface area (TPSA) is 17.1 Å². The van der Waals surface area contributed by atoms with Gasteiger partial charge < -0.3 is 0 Å². The number of ketones is 1. The number of fused-ring (bicyclic) bond motifs is 5. The van der Waals surface area contributed by atoms with Crippen molar-refractivity contribution < 1.29 is 4.79 Å². The van der Waals surface area contributed by atoms with Gasteiger partial charge >= 0.3 is 0 Å². The van der Waals surface area contributed by atoms with Crippen molar-refractivity contribution in [2.45, 2.75) is 0 Å². The van der Waals surface area contributed by atoms with Crippen molar-refractivity contribution in [2.24, 2.45) is 0 Å². The Hall–Kier alpha value is -4.49. The molecule has 0 amide bonds. The van der Waals surface area contributed by atoms with E-state index in [1.807, 2.05) is 48.6 Å². The molecular weight excluding hydrogens is 412 g/mol. The van der Waals surface area contributed by atoms with E-state index in [4.69, 9.17) is 0 Å². The maximum atomic E-state index is 13.2. The fourth-order valence-corrected chi connectivity index (χ4v) is 4.85. The second-order valence-electron chi connectivity index (χ2n) is 8.50. The molecule has 0 fully saturated rings. The van der Waals surface area contributed by atoms with Crippen LogP contribution in [0, 0.1) is 0 Å². The number of carbonyl (C=O) groups excluding carboxylic acids is 1. The van der Waals surface area contributed by atoms with Crippen LogP contribution in [0.3, 0.4) is 0 Å². The van der Waals surface area contributed by atoms with Crippen LogP contribution in [-0.2, 0) is 4.79 Å². The predicted molar refractivity (Wildman–Crippen MR) is 143 cm³/mol. The second kappa shape index (κ2) is 8.46. The minimum absolute atomic E-state index is 0.0321. The van der Waals surface area contributed by atoms with Crippen molar-refractivity contribution in [3.63, 3.8) is 0 Å². The zero-order chi connectivity index (χ0) is 22.9. The van der Waals surface area contributed by atoms with Crippen molar-refractivity contribution in [3.05, 3.63) is 150 Å². The molecule has 0 N–H and O–H groups in total. The standard InChI is InChI=1S/C33H22O/c34-31-22-19-27-18-17-26-16-15-25-13-7-8-14-29(25)32(26)33(27)30(31)21-20-28(23-9-3-1-4-10-23)24-11-5-2-6-12-24/h1-22H/b30-21+. The molecule has 0 saturated carbocycles. The SMILES string of the molecule is O=C1C=Cc2ccc3ccc4ccccc4c3c2/C1=C/C=C(c1ccccc1)c1ccccc1. The van der Waals surface area contributed by atoms with Crippen LogP contribution < -0.4 is 0 Å². The summed E-state index contributed by atoms with van der Waals surface area (Å²) in [5, 5.41) is 4.62. The maximum absolute atomic E-state index is 13.2. The molecule has 1 nitrogen and oxygen atoms in total. The van der Waals surface area contributed by atoms with Crippen molar-refractivity contribution in [1.82, 2.24) is 0 Å². The van der Waals surface area contributed by atoms with Crippen molar-refractivity contribution in [3.8, 4) is 0 Å². The molecule has 0 aliphatic heterocycles. The molecule has 1 aliphatic rings. The lowest BCUT2D eigenvalue weighted by atomic mass is 9.84. The molecule has 5 aromatic rings. The zero-order valence-electron chi connectivity index (χ0n) is 18.6. The Bertz CT molecular complexity index is 1590. The molecule has 6 rings (SSSR count). The van der Waals surface area contributed by atoms with Crippen LogP contribution in [0.15, 0.2) is 127 Å². The summed E-state index contributed by atoms with van der Waals surface area (Å²) in [6, 6.07) is 37.6. The van der Waals surface area contributed by atoms with Crippen LogP contribution in [0.5, 0.6) is 0 Å². The van der Waals surface area contributed by atoms with E-state index in [1.165, 1.54) is 10.8 Å². The predicted octanol–water partition coefficient (Wildman–Crippen LogP) is 8.10. The largest absolute Gasteiger partial charge is 0.289 e. The Kier molecular flexibility index (Phi) is 5.01. The van der Waals surface area contributed by atoms with Gasteiger partial charge in [-0.25, -0.2) is 0 Å². The van der Waals surface area contributed by atoms with Gasteiger partial charge in [-0.15, -0.1) is 0 Å². The summed E-state index contributed by atoms with van der Waals surface area (Å²) < 4.78 is 0. The summed E-state index contributed by atoms with van der Waals surface area (Å²) in [4.78, 5) is 13.2. The minimum atomic E-state index is 0.0321. The fraction of sp³-hybridized carbons (Fsp3) is 0. The monoisotopic (exact) mass is 434 g/mol. The highest BCUT2D eigenvalue weighted by atomic mass is 16.1. The quantitative estimate of drug-likeness (QED) is 0.207. The van der Waals surface area contributed by atoms with Gasteiger partial charge in [-0.05, 0) is 56.0 Å². The first kappa shape index (κ1) is 20.1. The highest BCUT2D eigenvalue weighted by molar-refractivity contribution is 6.34. The van der Waals surface area contributed by atoms with E-state index in [2.05, 4.69) is 78.9 Å². The Balaban J connectivity index is 1.63. The third-order valence-electron chi connectivity index (χ3n) is 6.48. The molecule has 1 heteroatoms. The van der Waals surface area contributed by atoms with Gasteiger partial charge in [0, 0.05) is 11.1 Å². The Labute approximate surface area is 199 Å². The van der Waals surface area contributed by atoms with Gasteiger partial charge in [0.25, 0.3) is 0 Å². The lowest BCUT2D eigenvalue weighted by Crippen LogP contribution is -2.05. The number of carbonyl (C=O) groups is 1. The summed E-state index contributed by atoms with van der Waals surface area (Å²) in [6.45, 7) is 0. The van der Waals surface area contributed by atoms with E-state index < -0.39 is 0 Å². The second-order valence-corrected chi connectivity index (χ2v) is 8.50. The van der Waals surface area contributed by atoms with Crippen LogP contribution in [-0.4, -0.2) is 5.78 Å². The third kappa shape index (κ3) is 3.48. The van der Waals surface area contributed by atoms with Crippen LogP contribution in [0.2, 0.25) is 0 Å². The van der Waals surface area contributed by atoms with Crippen LogP contribution in [0.1, 0.15) is 22.3 Å². The molecular formula is C33H22O. The summed E-state index contributed by atoms with van der Waals surface area (Å²) in [5.41, 5.74) is 6.13. The zero-order valence-corrected chi connectivity index (χ0v) is 18.6. The number of hydrogen-bond acceptors (Lipinski definition) is 1. The normalized spacial score (nSPS) is 13.9. The Morgan fingerprint density at radius 1 is 0.588 bits per heavy atom. The number of hydrogen-bond donors (Lipinski definition) is 0.